The van der Waals surface area contributed by atoms with Crippen molar-refractivity contribution in [3.8, 4) is 11.5 Å². The Hall–Kier alpha value is -2.56. The van der Waals surface area contributed by atoms with Crippen LogP contribution in [0.15, 0.2) is 36.4 Å². The van der Waals surface area contributed by atoms with Gasteiger partial charge in [-0.15, -0.1) is 0 Å². The van der Waals surface area contributed by atoms with Gasteiger partial charge < -0.3 is 14.8 Å². The average Bonchev–Trinajstić information content (AvgIpc) is 2.55. The molecule has 0 saturated heterocycles. The number of anilines is 1. The van der Waals surface area contributed by atoms with Crippen molar-refractivity contribution in [2.45, 2.75) is 19.8 Å². The number of carbonyl (C=O) groups is 1. The zero-order valence-electron chi connectivity index (χ0n) is 13.5. The van der Waals surface area contributed by atoms with Crippen molar-refractivity contribution < 1.29 is 18.7 Å². The average molecular weight is 317 g/mol. The van der Waals surface area contributed by atoms with Gasteiger partial charge in [-0.05, 0) is 60.9 Å². The lowest BCUT2D eigenvalue weighted by Gasteiger charge is -2.11. The summed E-state index contributed by atoms with van der Waals surface area (Å²) in [6, 6.07) is 9.76. The molecule has 0 aromatic heterocycles. The molecule has 0 aliphatic heterocycles. The lowest BCUT2D eigenvalue weighted by atomic mass is 10.1. The van der Waals surface area contributed by atoms with Crippen LogP contribution in [0.4, 0.5) is 10.1 Å². The van der Waals surface area contributed by atoms with E-state index < -0.39 is 0 Å². The zero-order valence-corrected chi connectivity index (χ0v) is 13.5. The fourth-order valence-electron chi connectivity index (χ4n) is 2.31. The van der Waals surface area contributed by atoms with Crippen molar-refractivity contribution in [1.82, 2.24) is 0 Å². The summed E-state index contributed by atoms with van der Waals surface area (Å²) in [5, 5.41) is 2.80. The van der Waals surface area contributed by atoms with Gasteiger partial charge in [0.05, 0.1) is 14.2 Å². The molecule has 0 heterocycles. The quantitative estimate of drug-likeness (QED) is 0.883. The van der Waals surface area contributed by atoms with Crippen molar-refractivity contribution in [3.05, 3.63) is 53.3 Å². The molecule has 0 atom stereocenters. The highest BCUT2D eigenvalue weighted by atomic mass is 19.1. The molecule has 0 aliphatic rings. The number of hydrogen-bond donors (Lipinski definition) is 1. The van der Waals surface area contributed by atoms with Crippen LogP contribution in [0.2, 0.25) is 0 Å². The predicted octanol–water partition coefficient (Wildman–Crippen LogP) is 3.72. The Labute approximate surface area is 135 Å². The lowest BCUT2D eigenvalue weighted by Crippen LogP contribution is -2.13. The normalized spacial score (nSPS) is 10.3. The minimum Gasteiger partial charge on any atom is -0.497 e. The Morgan fingerprint density at radius 3 is 2.57 bits per heavy atom. The number of halogens is 1. The second-order valence-corrected chi connectivity index (χ2v) is 5.19. The molecule has 1 amide bonds. The van der Waals surface area contributed by atoms with E-state index in [1.54, 1.807) is 27.2 Å². The Kier molecular flexibility index (Phi) is 5.57. The number of rotatable bonds is 6. The second-order valence-electron chi connectivity index (χ2n) is 5.19. The highest BCUT2D eigenvalue weighted by molar-refractivity contribution is 5.91. The molecule has 0 spiro atoms. The summed E-state index contributed by atoms with van der Waals surface area (Å²) in [5.41, 5.74) is 2.21. The van der Waals surface area contributed by atoms with E-state index >= 15 is 0 Å². The SMILES string of the molecule is COc1ccc(OC)c(CCC(=O)Nc2ccc(F)cc2C)c1. The van der Waals surface area contributed by atoms with Crippen LogP contribution in [0, 0.1) is 12.7 Å². The highest BCUT2D eigenvalue weighted by Crippen LogP contribution is 2.25. The molecule has 2 aromatic carbocycles. The van der Waals surface area contributed by atoms with Crippen LogP contribution in [0.5, 0.6) is 11.5 Å². The fourth-order valence-corrected chi connectivity index (χ4v) is 2.31. The second kappa shape index (κ2) is 7.63. The molecule has 5 heteroatoms. The van der Waals surface area contributed by atoms with Gasteiger partial charge in [-0.25, -0.2) is 4.39 Å². The summed E-state index contributed by atoms with van der Waals surface area (Å²) in [5.74, 6) is 0.985. The maximum Gasteiger partial charge on any atom is 0.224 e. The molecule has 122 valence electrons. The van der Waals surface area contributed by atoms with E-state index in [0.717, 1.165) is 17.1 Å². The molecule has 0 bridgehead atoms. The third-order valence-corrected chi connectivity index (χ3v) is 3.57. The van der Waals surface area contributed by atoms with Gasteiger partial charge in [0.25, 0.3) is 0 Å². The number of nitrogens with one attached hydrogen (secondary N) is 1. The number of carbonyl (C=O) groups excluding carboxylic acids is 1. The minimum absolute atomic E-state index is 0.135. The molecule has 0 radical (unpaired) electrons. The Morgan fingerprint density at radius 2 is 1.91 bits per heavy atom. The minimum atomic E-state index is -0.318. The number of amides is 1. The first kappa shape index (κ1) is 16.8. The van der Waals surface area contributed by atoms with E-state index in [1.165, 1.54) is 12.1 Å². The maximum absolute atomic E-state index is 13.1. The standard InChI is InChI=1S/C18H20FNO3/c1-12-10-14(19)5-7-16(12)20-18(21)9-4-13-11-15(22-2)6-8-17(13)23-3/h5-8,10-11H,4,9H2,1-3H3,(H,20,21). The van der Waals surface area contributed by atoms with Crippen LogP contribution in [0.3, 0.4) is 0 Å². The summed E-state index contributed by atoms with van der Waals surface area (Å²) in [6.45, 7) is 1.75. The summed E-state index contributed by atoms with van der Waals surface area (Å²) in [7, 11) is 3.18. The topological polar surface area (TPSA) is 47.6 Å². The summed E-state index contributed by atoms with van der Waals surface area (Å²) in [4.78, 5) is 12.1. The van der Waals surface area contributed by atoms with Gasteiger partial charge in [-0.2, -0.15) is 0 Å². The van der Waals surface area contributed by atoms with Gasteiger partial charge in [-0.3, -0.25) is 4.79 Å². The first-order chi connectivity index (χ1) is 11.0. The largest absolute Gasteiger partial charge is 0.497 e. The molecular weight excluding hydrogens is 297 g/mol. The fraction of sp³-hybridized carbons (Fsp3) is 0.278. The van der Waals surface area contributed by atoms with E-state index in [1.807, 2.05) is 18.2 Å². The zero-order chi connectivity index (χ0) is 16.8. The van der Waals surface area contributed by atoms with Crippen LogP contribution in [-0.2, 0) is 11.2 Å². The predicted molar refractivity (Wildman–Crippen MR) is 87.6 cm³/mol. The summed E-state index contributed by atoms with van der Waals surface area (Å²) >= 11 is 0. The van der Waals surface area contributed by atoms with Crippen molar-refractivity contribution >= 4 is 11.6 Å². The van der Waals surface area contributed by atoms with Crippen LogP contribution in [0.1, 0.15) is 17.5 Å². The summed E-state index contributed by atoms with van der Waals surface area (Å²) < 4.78 is 23.6. The van der Waals surface area contributed by atoms with E-state index in [0.29, 0.717) is 24.1 Å². The number of hydrogen-bond acceptors (Lipinski definition) is 3. The molecule has 2 rings (SSSR count). The van der Waals surface area contributed by atoms with Crippen molar-refractivity contribution in [2.24, 2.45) is 0 Å². The van der Waals surface area contributed by atoms with Crippen LogP contribution in [0.25, 0.3) is 0 Å². The smallest absolute Gasteiger partial charge is 0.224 e. The van der Waals surface area contributed by atoms with Crippen LogP contribution < -0.4 is 14.8 Å². The number of ether oxygens (including phenoxy) is 2. The molecule has 23 heavy (non-hydrogen) atoms. The maximum atomic E-state index is 13.1. The van der Waals surface area contributed by atoms with Gasteiger partial charge in [0, 0.05) is 12.1 Å². The first-order valence-electron chi connectivity index (χ1n) is 7.30. The van der Waals surface area contributed by atoms with Crippen molar-refractivity contribution in [3.63, 3.8) is 0 Å². The van der Waals surface area contributed by atoms with Gasteiger partial charge >= 0.3 is 0 Å². The third kappa shape index (κ3) is 4.45. The van der Waals surface area contributed by atoms with Crippen molar-refractivity contribution in [2.75, 3.05) is 19.5 Å². The third-order valence-electron chi connectivity index (χ3n) is 3.57. The van der Waals surface area contributed by atoms with Crippen molar-refractivity contribution in [1.29, 1.82) is 0 Å². The Bertz CT molecular complexity index is 701. The molecule has 0 fully saturated rings. The monoisotopic (exact) mass is 317 g/mol. The molecule has 0 aliphatic carbocycles. The molecule has 4 nitrogen and oxygen atoms in total. The molecule has 0 unspecified atom stereocenters. The lowest BCUT2D eigenvalue weighted by molar-refractivity contribution is -0.116. The molecular formula is C18H20FNO3. The Morgan fingerprint density at radius 1 is 1.13 bits per heavy atom. The van der Waals surface area contributed by atoms with Gasteiger partial charge in [-0.1, -0.05) is 0 Å². The molecule has 2 aromatic rings. The molecule has 1 N–H and O–H groups in total. The van der Waals surface area contributed by atoms with Gasteiger partial charge in [0.2, 0.25) is 5.91 Å². The Balaban J connectivity index is 2.01. The molecule has 0 saturated carbocycles. The van der Waals surface area contributed by atoms with E-state index in [2.05, 4.69) is 5.32 Å². The van der Waals surface area contributed by atoms with Gasteiger partial charge in [0.1, 0.15) is 17.3 Å². The number of benzene rings is 2. The first-order valence-corrected chi connectivity index (χ1v) is 7.30. The number of aryl methyl sites for hydroxylation is 2. The van der Waals surface area contributed by atoms with Crippen LogP contribution in [-0.4, -0.2) is 20.1 Å². The number of methoxy groups -OCH3 is 2. The van der Waals surface area contributed by atoms with Gasteiger partial charge in [0.15, 0.2) is 0 Å². The van der Waals surface area contributed by atoms with E-state index in [4.69, 9.17) is 9.47 Å². The van der Waals surface area contributed by atoms with E-state index in [9.17, 15) is 9.18 Å². The van der Waals surface area contributed by atoms with E-state index in [-0.39, 0.29) is 11.7 Å². The summed E-state index contributed by atoms with van der Waals surface area (Å²) in [6.07, 6.45) is 0.812. The highest BCUT2D eigenvalue weighted by Gasteiger charge is 2.10. The van der Waals surface area contributed by atoms with Crippen LogP contribution >= 0.6 is 0 Å².